The van der Waals surface area contributed by atoms with E-state index < -0.39 is 5.82 Å². The molecule has 3 nitrogen and oxygen atoms in total. The molecule has 0 radical (unpaired) electrons. The van der Waals surface area contributed by atoms with Gasteiger partial charge in [0.25, 0.3) is 5.91 Å². The fourth-order valence-electron chi connectivity index (χ4n) is 2.68. The zero-order valence-corrected chi connectivity index (χ0v) is 12.0. The number of carbonyl (C=O) groups is 1. The van der Waals surface area contributed by atoms with Crippen LogP contribution in [-0.2, 0) is 0 Å². The van der Waals surface area contributed by atoms with Crippen LogP contribution >= 0.6 is 11.6 Å². The second-order valence-electron chi connectivity index (χ2n) is 5.33. The minimum Gasteiger partial charge on any atom is -0.339 e. The monoisotopic (exact) mass is 284 g/mol. The zero-order chi connectivity index (χ0) is 14.0. The van der Waals surface area contributed by atoms with Gasteiger partial charge in [-0.3, -0.25) is 4.79 Å². The summed E-state index contributed by atoms with van der Waals surface area (Å²) < 4.78 is 13.2. The van der Waals surface area contributed by atoms with Crippen LogP contribution in [0.5, 0.6) is 0 Å². The number of aromatic nitrogens is 1. The van der Waals surface area contributed by atoms with Gasteiger partial charge in [-0.15, -0.1) is 0 Å². The second kappa shape index (κ2) is 5.87. The summed E-state index contributed by atoms with van der Waals surface area (Å²) in [7, 11) is 1.76. The van der Waals surface area contributed by atoms with Crippen molar-refractivity contribution in [1.29, 1.82) is 0 Å². The number of carbonyl (C=O) groups excluding carboxylic acids is 1. The SMILES string of the molecule is CC1CCCC(N(C)C(=O)c2cc(F)cnc2Cl)C1. The molecule has 0 saturated heterocycles. The second-order valence-corrected chi connectivity index (χ2v) is 5.69. The molecule has 1 saturated carbocycles. The Morgan fingerprint density at radius 3 is 2.95 bits per heavy atom. The normalized spacial score (nSPS) is 23.2. The predicted octanol–water partition coefficient (Wildman–Crippen LogP) is 3.52. The zero-order valence-electron chi connectivity index (χ0n) is 11.2. The molecular weight excluding hydrogens is 267 g/mol. The molecular formula is C14H18ClFN2O. The first kappa shape index (κ1) is 14.3. The standard InChI is InChI=1S/C14H18ClFN2O/c1-9-4-3-5-11(6-9)18(2)14(19)12-7-10(16)8-17-13(12)15/h7-9,11H,3-6H2,1-2H3. The van der Waals surface area contributed by atoms with Crippen molar-refractivity contribution in [2.45, 2.75) is 38.6 Å². The van der Waals surface area contributed by atoms with Gasteiger partial charge in [-0.2, -0.15) is 0 Å². The van der Waals surface area contributed by atoms with Crippen molar-refractivity contribution >= 4 is 17.5 Å². The van der Waals surface area contributed by atoms with E-state index in [9.17, 15) is 9.18 Å². The van der Waals surface area contributed by atoms with Gasteiger partial charge in [0.05, 0.1) is 11.8 Å². The van der Waals surface area contributed by atoms with Gasteiger partial charge in [-0.25, -0.2) is 9.37 Å². The molecule has 5 heteroatoms. The average Bonchev–Trinajstić information content (AvgIpc) is 2.40. The molecule has 1 aromatic rings. The Labute approximate surface area is 117 Å². The molecule has 0 spiro atoms. The summed E-state index contributed by atoms with van der Waals surface area (Å²) in [5.41, 5.74) is 0.141. The molecule has 1 aliphatic rings. The van der Waals surface area contributed by atoms with E-state index in [0.717, 1.165) is 31.5 Å². The largest absolute Gasteiger partial charge is 0.339 e. The molecule has 1 amide bonds. The van der Waals surface area contributed by atoms with E-state index >= 15 is 0 Å². The minimum atomic E-state index is -0.543. The Balaban J connectivity index is 2.16. The quantitative estimate of drug-likeness (QED) is 0.779. The van der Waals surface area contributed by atoms with E-state index in [1.54, 1.807) is 11.9 Å². The van der Waals surface area contributed by atoms with E-state index in [2.05, 4.69) is 11.9 Å². The highest BCUT2D eigenvalue weighted by Crippen LogP contribution is 2.28. The van der Waals surface area contributed by atoms with Gasteiger partial charge in [-0.05, 0) is 24.8 Å². The van der Waals surface area contributed by atoms with E-state index in [1.807, 2.05) is 0 Å². The molecule has 0 aliphatic heterocycles. The maximum Gasteiger partial charge on any atom is 0.257 e. The number of pyridine rings is 1. The van der Waals surface area contributed by atoms with Crippen LogP contribution in [0.15, 0.2) is 12.3 Å². The maximum atomic E-state index is 13.2. The van der Waals surface area contributed by atoms with Crippen molar-refractivity contribution in [3.05, 3.63) is 28.8 Å². The minimum absolute atomic E-state index is 0.0575. The highest BCUT2D eigenvalue weighted by atomic mass is 35.5. The van der Waals surface area contributed by atoms with Gasteiger partial charge >= 0.3 is 0 Å². The predicted molar refractivity (Wildman–Crippen MR) is 72.7 cm³/mol. The highest BCUT2D eigenvalue weighted by Gasteiger charge is 2.27. The van der Waals surface area contributed by atoms with Gasteiger partial charge in [-0.1, -0.05) is 31.4 Å². The molecule has 0 N–H and O–H groups in total. The van der Waals surface area contributed by atoms with Crippen LogP contribution in [0, 0.1) is 11.7 Å². The van der Waals surface area contributed by atoms with E-state index in [0.29, 0.717) is 5.92 Å². The smallest absolute Gasteiger partial charge is 0.257 e. The first-order chi connectivity index (χ1) is 8.99. The van der Waals surface area contributed by atoms with Crippen LogP contribution < -0.4 is 0 Å². The molecule has 0 aromatic carbocycles. The van der Waals surface area contributed by atoms with Gasteiger partial charge in [0.15, 0.2) is 0 Å². The van der Waals surface area contributed by atoms with Gasteiger partial charge in [0.1, 0.15) is 11.0 Å². The van der Waals surface area contributed by atoms with Gasteiger partial charge < -0.3 is 4.90 Å². The molecule has 1 heterocycles. The van der Waals surface area contributed by atoms with Crippen molar-refractivity contribution < 1.29 is 9.18 Å². The molecule has 104 valence electrons. The van der Waals surface area contributed by atoms with Crippen molar-refractivity contribution in [2.75, 3.05) is 7.05 Å². The number of rotatable bonds is 2. The summed E-state index contributed by atoms with van der Waals surface area (Å²) in [5.74, 6) is -0.177. The van der Waals surface area contributed by atoms with E-state index in [1.165, 1.54) is 6.42 Å². The van der Waals surface area contributed by atoms with Crippen LogP contribution in [0.2, 0.25) is 5.15 Å². The number of nitrogens with zero attached hydrogens (tertiary/aromatic N) is 2. The fourth-order valence-corrected chi connectivity index (χ4v) is 2.87. The number of halogens is 2. The summed E-state index contributed by atoms with van der Waals surface area (Å²) in [4.78, 5) is 17.7. The van der Waals surface area contributed by atoms with Gasteiger partial charge in [0, 0.05) is 13.1 Å². The summed E-state index contributed by atoms with van der Waals surface area (Å²) >= 11 is 5.88. The van der Waals surface area contributed by atoms with Crippen LogP contribution in [0.4, 0.5) is 4.39 Å². The molecule has 0 bridgehead atoms. The summed E-state index contributed by atoms with van der Waals surface area (Å²) in [5, 5.41) is 0.0575. The van der Waals surface area contributed by atoms with Crippen LogP contribution in [0.3, 0.4) is 0 Å². The third-order valence-electron chi connectivity index (χ3n) is 3.81. The van der Waals surface area contributed by atoms with Crippen molar-refractivity contribution in [3.8, 4) is 0 Å². The molecule has 2 unspecified atom stereocenters. The summed E-state index contributed by atoms with van der Waals surface area (Å²) in [6, 6.07) is 1.36. The lowest BCUT2D eigenvalue weighted by atomic mass is 9.86. The summed E-state index contributed by atoms with van der Waals surface area (Å²) in [6.45, 7) is 2.20. The van der Waals surface area contributed by atoms with Gasteiger partial charge in [0.2, 0.25) is 0 Å². The highest BCUT2D eigenvalue weighted by molar-refractivity contribution is 6.32. The number of hydrogen-bond acceptors (Lipinski definition) is 2. The molecule has 1 fully saturated rings. The Morgan fingerprint density at radius 2 is 2.26 bits per heavy atom. The Bertz CT molecular complexity index is 481. The Hall–Kier alpha value is -1.16. The topological polar surface area (TPSA) is 33.2 Å². The van der Waals surface area contributed by atoms with Crippen LogP contribution in [-0.4, -0.2) is 28.9 Å². The first-order valence-corrected chi connectivity index (χ1v) is 6.95. The lowest BCUT2D eigenvalue weighted by Crippen LogP contribution is -2.40. The van der Waals surface area contributed by atoms with Crippen molar-refractivity contribution in [2.24, 2.45) is 5.92 Å². The third-order valence-corrected chi connectivity index (χ3v) is 4.11. The number of hydrogen-bond donors (Lipinski definition) is 0. The molecule has 2 atom stereocenters. The third kappa shape index (κ3) is 3.24. The van der Waals surface area contributed by atoms with Crippen LogP contribution in [0.25, 0.3) is 0 Å². The Morgan fingerprint density at radius 1 is 1.53 bits per heavy atom. The van der Waals surface area contributed by atoms with Crippen LogP contribution in [0.1, 0.15) is 43.0 Å². The number of amides is 1. The molecule has 2 rings (SSSR count). The van der Waals surface area contributed by atoms with E-state index in [4.69, 9.17) is 11.6 Å². The van der Waals surface area contributed by atoms with E-state index in [-0.39, 0.29) is 22.7 Å². The Kier molecular flexibility index (Phi) is 4.40. The lowest BCUT2D eigenvalue weighted by Gasteiger charge is -2.34. The lowest BCUT2D eigenvalue weighted by molar-refractivity contribution is 0.0671. The van der Waals surface area contributed by atoms with Crippen molar-refractivity contribution in [1.82, 2.24) is 9.88 Å². The van der Waals surface area contributed by atoms with Crippen molar-refractivity contribution in [3.63, 3.8) is 0 Å². The summed E-state index contributed by atoms with van der Waals surface area (Å²) in [6.07, 6.45) is 5.33. The molecule has 1 aliphatic carbocycles. The first-order valence-electron chi connectivity index (χ1n) is 6.57. The molecule has 19 heavy (non-hydrogen) atoms. The maximum absolute atomic E-state index is 13.2. The molecule has 1 aromatic heterocycles. The fraction of sp³-hybridized carbons (Fsp3) is 0.571. The average molecular weight is 285 g/mol.